The summed E-state index contributed by atoms with van der Waals surface area (Å²) in [5.74, 6) is 1.84. The largest absolute Gasteiger partial charge is 0.417 e. The van der Waals surface area contributed by atoms with E-state index in [1.165, 1.54) is 19.3 Å². The van der Waals surface area contributed by atoms with Gasteiger partial charge in [-0.05, 0) is 62.3 Å². The zero-order valence-electron chi connectivity index (χ0n) is 17.9. The molecule has 11 heteroatoms. The molecule has 2 N–H and O–H groups in total. The van der Waals surface area contributed by atoms with Gasteiger partial charge in [0.25, 0.3) is 0 Å². The van der Waals surface area contributed by atoms with Crippen LogP contribution < -0.4 is 10.6 Å². The smallest absolute Gasteiger partial charge is 0.355 e. The summed E-state index contributed by atoms with van der Waals surface area (Å²) >= 11 is 5.90. The summed E-state index contributed by atoms with van der Waals surface area (Å²) in [4.78, 5) is 25.2. The number of hydrogen-bond acceptors (Lipinski definition) is 4. The Kier molecular flexibility index (Phi) is 5.54. The lowest BCUT2D eigenvalue weighted by atomic mass is 9.49. The van der Waals surface area contributed by atoms with Crippen LogP contribution in [0, 0.1) is 23.2 Å². The summed E-state index contributed by atoms with van der Waals surface area (Å²) in [5.41, 5.74) is -1.11. The first-order valence-corrected chi connectivity index (χ1v) is 11.7. The Hall–Kier alpha value is -2.36. The molecule has 0 saturated heterocycles. The molecule has 4 saturated carbocycles. The zero-order chi connectivity index (χ0) is 23.4. The van der Waals surface area contributed by atoms with Crippen LogP contribution in [-0.4, -0.2) is 33.0 Å². The lowest BCUT2D eigenvalue weighted by Gasteiger charge is -2.55. The molecule has 6 rings (SSSR count). The second-order valence-corrected chi connectivity index (χ2v) is 10.3. The van der Waals surface area contributed by atoms with Crippen LogP contribution in [0.4, 0.5) is 13.2 Å². The Labute approximate surface area is 193 Å². The number of fused-ring (bicyclic) bond motifs is 1. The highest BCUT2D eigenvalue weighted by Crippen LogP contribution is 2.60. The molecule has 4 fully saturated rings. The summed E-state index contributed by atoms with van der Waals surface area (Å²) in [6, 6.07) is 0.792. The molecule has 0 aromatic carbocycles. The standard InChI is InChI=1S/C22H25ClF3N5O2/c23-16-6-15(22(24,25)26)11-31-17(29-30-19(16)31)10-28-18(32)1-2-27-20(33)21-7-12-3-13(8-21)5-14(4-12)9-21/h6,11-14H,1-5,7-10H2,(H,27,33)(H,28,32). The van der Waals surface area contributed by atoms with E-state index in [-0.39, 0.29) is 53.2 Å². The first-order chi connectivity index (χ1) is 15.6. The number of aromatic nitrogens is 3. The first kappa shape index (κ1) is 22.4. The van der Waals surface area contributed by atoms with Crippen LogP contribution in [0.15, 0.2) is 12.3 Å². The number of carbonyl (C=O) groups excluding carboxylic acids is 2. The number of rotatable bonds is 6. The Morgan fingerprint density at radius 1 is 1.09 bits per heavy atom. The minimum atomic E-state index is -4.57. The molecule has 2 aromatic rings. The number of nitrogens with zero attached hydrogens (tertiary/aromatic N) is 3. The number of nitrogens with one attached hydrogen (secondary N) is 2. The minimum Gasteiger partial charge on any atom is -0.355 e. The molecule has 178 valence electrons. The molecule has 0 spiro atoms. The molecule has 4 bridgehead atoms. The van der Waals surface area contributed by atoms with E-state index in [0.29, 0.717) is 17.8 Å². The number of amides is 2. The van der Waals surface area contributed by atoms with Crippen molar-refractivity contribution in [2.45, 2.75) is 57.7 Å². The topological polar surface area (TPSA) is 88.4 Å². The number of alkyl halides is 3. The van der Waals surface area contributed by atoms with E-state index in [1.54, 1.807) is 0 Å². The van der Waals surface area contributed by atoms with Crippen molar-refractivity contribution in [2.24, 2.45) is 23.2 Å². The van der Waals surface area contributed by atoms with Gasteiger partial charge in [-0.1, -0.05) is 11.6 Å². The summed E-state index contributed by atoms with van der Waals surface area (Å²) in [6.45, 7) is 0.109. The van der Waals surface area contributed by atoms with Gasteiger partial charge in [-0.2, -0.15) is 13.2 Å². The third kappa shape index (κ3) is 4.29. The predicted octanol–water partition coefficient (Wildman–Crippen LogP) is 3.74. The minimum absolute atomic E-state index is 0.0622. The van der Waals surface area contributed by atoms with Crippen molar-refractivity contribution in [1.29, 1.82) is 0 Å². The Morgan fingerprint density at radius 2 is 1.73 bits per heavy atom. The normalized spacial score (nSPS) is 28.3. The molecule has 7 nitrogen and oxygen atoms in total. The van der Waals surface area contributed by atoms with E-state index in [1.807, 2.05) is 0 Å². The maximum Gasteiger partial charge on any atom is 0.417 e. The summed E-state index contributed by atoms with van der Waals surface area (Å²) in [7, 11) is 0. The van der Waals surface area contributed by atoms with Gasteiger partial charge >= 0.3 is 6.18 Å². The van der Waals surface area contributed by atoms with E-state index in [0.717, 1.165) is 35.9 Å². The maximum absolute atomic E-state index is 13.1. The highest BCUT2D eigenvalue weighted by Gasteiger charge is 2.54. The molecule has 2 amide bonds. The SMILES string of the molecule is O=C(CCNC(=O)C12CC3CC(CC(C3)C1)C2)NCc1nnc2c(Cl)cc(C(F)(F)F)cn12. The fourth-order valence-corrected chi connectivity index (χ4v) is 6.65. The number of carbonyl (C=O) groups is 2. The van der Waals surface area contributed by atoms with Crippen molar-refractivity contribution in [1.82, 2.24) is 25.2 Å². The fraction of sp³-hybridized carbons (Fsp3) is 0.636. The molecule has 2 aromatic heterocycles. The Balaban J connectivity index is 1.15. The molecule has 0 atom stereocenters. The van der Waals surface area contributed by atoms with Gasteiger partial charge in [-0.15, -0.1) is 10.2 Å². The van der Waals surface area contributed by atoms with Crippen LogP contribution in [0.25, 0.3) is 5.65 Å². The van der Waals surface area contributed by atoms with Gasteiger partial charge in [-0.3, -0.25) is 14.0 Å². The molecule has 0 radical (unpaired) electrons. The molecule has 2 heterocycles. The Morgan fingerprint density at radius 3 is 2.33 bits per heavy atom. The quantitative estimate of drug-likeness (QED) is 0.655. The molecule has 4 aliphatic carbocycles. The summed E-state index contributed by atoms with van der Waals surface area (Å²) in [6.07, 6.45) is 2.99. The van der Waals surface area contributed by atoms with Crippen LogP contribution in [0.5, 0.6) is 0 Å². The first-order valence-electron chi connectivity index (χ1n) is 11.3. The zero-order valence-corrected chi connectivity index (χ0v) is 18.7. The number of pyridine rings is 1. The lowest BCUT2D eigenvalue weighted by molar-refractivity contribution is -0.146. The third-order valence-electron chi connectivity index (χ3n) is 7.46. The molecule has 0 aliphatic heterocycles. The average Bonchev–Trinajstić information content (AvgIpc) is 3.14. The van der Waals surface area contributed by atoms with Crippen molar-refractivity contribution in [3.8, 4) is 0 Å². The second kappa shape index (κ2) is 8.14. The van der Waals surface area contributed by atoms with E-state index >= 15 is 0 Å². The van der Waals surface area contributed by atoms with Gasteiger partial charge in [0.15, 0.2) is 11.5 Å². The van der Waals surface area contributed by atoms with Crippen molar-refractivity contribution in [3.63, 3.8) is 0 Å². The second-order valence-electron chi connectivity index (χ2n) is 9.86. The molecular weight excluding hydrogens is 459 g/mol. The van der Waals surface area contributed by atoms with Crippen molar-refractivity contribution < 1.29 is 22.8 Å². The third-order valence-corrected chi connectivity index (χ3v) is 7.74. The molecule has 0 unspecified atom stereocenters. The van der Waals surface area contributed by atoms with Gasteiger partial charge in [-0.25, -0.2) is 0 Å². The highest BCUT2D eigenvalue weighted by molar-refractivity contribution is 6.33. The number of hydrogen-bond donors (Lipinski definition) is 2. The van der Waals surface area contributed by atoms with Crippen LogP contribution in [0.3, 0.4) is 0 Å². The van der Waals surface area contributed by atoms with Crippen LogP contribution in [0.1, 0.15) is 56.3 Å². The van der Waals surface area contributed by atoms with Crippen LogP contribution >= 0.6 is 11.6 Å². The van der Waals surface area contributed by atoms with Crippen LogP contribution in [0.2, 0.25) is 5.02 Å². The summed E-state index contributed by atoms with van der Waals surface area (Å²) in [5, 5.41) is 13.0. The molecular formula is C22H25ClF3N5O2. The number of halogens is 4. The van der Waals surface area contributed by atoms with Gasteiger partial charge in [0.05, 0.1) is 17.1 Å². The monoisotopic (exact) mass is 483 g/mol. The van der Waals surface area contributed by atoms with Gasteiger partial charge in [0.2, 0.25) is 11.8 Å². The van der Waals surface area contributed by atoms with E-state index in [2.05, 4.69) is 20.8 Å². The van der Waals surface area contributed by atoms with Gasteiger partial charge in [0, 0.05) is 24.6 Å². The molecule has 33 heavy (non-hydrogen) atoms. The summed E-state index contributed by atoms with van der Waals surface area (Å²) < 4.78 is 40.3. The van der Waals surface area contributed by atoms with E-state index < -0.39 is 11.7 Å². The predicted molar refractivity (Wildman–Crippen MR) is 113 cm³/mol. The molecule has 4 aliphatic rings. The highest BCUT2D eigenvalue weighted by atomic mass is 35.5. The van der Waals surface area contributed by atoms with E-state index in [4.69, 9.17) is 11.6 Å². The lowest BCUT2D eigenvalue weighted by Crippen LogP contribution is -2.53. The Bertz CT molecular complexity index is 1060. The maximum atomic E-state index is 13.1. The van der Waals surface area contributed by atoms with Crippen molar-refractivity contribution in [2.75, 3.05) is 6.54 Å². The average molecular weight is 484 g/mol. The van der Waals surface area contributed by atoms with Crippen molar-refractivity contribution in [3.05, 3.63) is 28.7 Å². The van der Waals surface area contributed by atoms with E-state index in [9.17, 15) is 22.8 Å². The van der Waals surface area contributed by atoms with Crippen molar-refractivity contribution >= 4 is 29.1 Å². The van der Waals surface area contributed by atoms with Gasteiger partial charge in [0.1, 0.15) is 0 Å². The fourth-order valence-electron chi connectivity index (χ4n) is 6.41. The van der Waals surface area contributed by atoms with Gasteiger partial charge < -0.3 is 10.6 Å². The van der Waals surface area contributed by atoms with Crippen LogP contribution in [-0.2, 0) is 22.3 Å².